The van der Waals surface area contributed by atoms with Crippen molar-refractivity contribution in [2.45, 2.75) is 42.8 Å². The average molecular weight is 379 g/mol. The van der Waals surface area contributed by atoms with Gasteiger partial charge in [0.05, 0.1) is 11.1 Å². The first kappa shape index (κ1) is 20.0. The highest BCUT2D eigenvalue weighted by Gasteiger charge is 2.46. The van der Waals surface area contributed by atoms with Crippen LogP contribution in [0.3, 0.4) is 0 Å². The van der Waals surface area contributed by atoms with Gasteiger partial charge in [0.2, 0.25) is 5.91 Å². The van der Waals surface area contributed by atoms with Gasteiger partial charge in [0.1, 0.15) is 0 Å². The van der Waals surface area contributed by atoms with E-state index in [4.69, 9.17) is 10.5 Å². The maximum Gasteiger partial charge on any atom is 0.416 e. The van der Waals surface area contributed by atoms with Gasteiger partial charge in [-0.1, -0.05) is 18.2 Å². The molecule has 25 heavy (non-hydrogen) atoms. The summed E-state index contributed by atoms with van der Waals surface area (Å²) in [5, 5.41) is 2.85. The minimum Gasteiger partial charge on any atom is -0.381 e. The normalized spacial score (nSPS) is 21.1. The average Bonchev–Trinajstić information content (AvgIpc) is 3.34. The summed E-state index contributed by atoms with van der Waals surface area (Å²) in [6, 6.07) is 5.37. The Hall–Kier alpha value is -1.31. The van der Waals surface area contributed by atoms with Crippen LogP contribution in [0.1, 0.15) is 36.8 Å². The van der Waals surface area contributed by atoms with Crippen LogP contribution >= 0.6 is 12.4 Å². The number of carbonyl (C=O) groups excluding carboxylic acids is 1. The van der Waals surface area contributed by atoms with E-state index in [9.17, 15) is 18.0 Å². The minimum absolute atomic E-state index is 0. The van der Waals surface area contributed by atoms with Gasteiger partial charge < -0.3 is 15.8 Å². The van der Waals surface area contributed by atoms with Crippen LogP contribution in [-0.4, -0.2) is 31.2 Å². The van der Waals surface area contributed by atoms with Gasteiger partial charge in [-0.25, -0.2) is 0 Å². The molecule has 1 heterocycles. The Morgan fingerprint density at radius 2 is 1.84 bits per heavy atom. The van der Waals surface area contributed by atoms with Gasteiger partial charge in [-0.2, -0.15) is 13.2 Å². The molecular weight excluding hydrogens is 357 g/mol. The fraction of sp³-hybridized carbons (Fsp3) is 0.588. The third-order valence-corrected chi connectivity index (χ3v) is 5.08. The number of nitrogens with two attached hydrogens (primary N) is 1. The molecule has 0 radical (unpaired) electrons. The molecule has 1 saturated heterocycles. The highest BCUT2D eigenvalue weighted by molar-refractivity contribution is 5.86. The van der Waals surface area contributed by atoms with E-state index in [0.717, 1.165) is 18.9 Å². The van der Waals surface area contributed by atoms with Crippen LogP contribution < -0.4 is 11.1 Å². The number of hydrogen-bond donors (Lipinski definition) is 2. The molecule has 140 valence electrons. The molecule has 1 saturated carbocycles. The van der Waals surface area contributed by atoms with E-state index < -0.39 is 22.7 Å². The second kappa shape index (κ2) is 7.13. The van der Waals surface area contributed by atoms with E-state index >= 15 is 0 Å². The van der Waals surface area contributed by atoms with Gasteiger partial charge in [0, 0.05) is 25.2 Å². The molecule has 1 aromatic rings. The van der Waals surface area contributed by atoms with Gasteiger partial charge in [0.25, 0.3) is 0 Å². The Morgan fingerprint density at radius 3 is 2.40 bits per heavy atom. The molecule has 1 aliphatic carbocycles. The number of ether oxygens (including phenoxy) is 1. The van der Waals surface area contributed by atoms with Crippen LogP contribution in [-0.2, 0) is 21.1 Å². The van der Waals surface area contributed by atoms with E-state index in [1.807, 2.05) is 0 Å². The Kier molecular flexibility index (Phi) is 5.71. The number of halogens is 4. The number of benzene rings is 1. The largest absolute Gasteiger partial charge is 0.416 e. The van der Waals surface area contributed by atoms with Gasteiger partial charge in [-0.3, -0.25) is 4.79 Å². The lowest BCUT2D eigenvalue weighted by Crippen LogP contribution is -2.57. The molecule has 0 atom stereocenters. The zero-order valence-electron chi connectivity index (χ0n) is 13.7. The van der Waals surface area contributed by atoms with Crippen LogP contribution in [0.2, 0.25) is 0 Å². The first-order valence-electron chi connectivity index (χ1n) is 8.08. The van der Waals surface area contributed by atoms with Crippen molar-refractivity contribution in [3.05, 3.63) is 35.4 Å². The predicted molar refractivity (Wildman–Crippen MR) is 89.6 cm³/mol. The predicted octanol–water partition coefficient (Wildman–Crippen LogP) is 2.78. The third-order valence-electron chi connectivity index (χ3n) is 5.08. The maximum atomic E-state index is 12.9. The van der Waals surface area contributed by atoms with Crippen molar-refractivity contribution in [2.75, 3.05) is 19.8 Å². The standard InChI is InChI=1S/C17H21F3N2O2.ClH/c18-17(19,20)13-3-1-2-12(10-13)15(4-5-15)11-22-14(23)16(21)6-8-24-9-7-16;/h1-3,10H,4-9,11,21H2,(H,22,23);1H. The number of carbonyl (C=O) groups is 1. The second-order valence-electron chi connectivity index (χ2n) is 6.81. The summed E-state index contributed by atoms with van der Waals surface area (Å²) in [6.07, 6.45) is -1.94. The molecule has 1 aromatic carbocycles. The molecule has 1 amide bonds. The van der Waals surface area contributed by atoms with E-state index in [0.29, 0.717) is 38.2 Å². The first-order chi connectivity index (χ1) is 11.3. The molecule has 0 unspecified atom stereocenters. The number of alkyl halides is 3. The number of hydrogen-bond acceptors (Lipinski definition) is 3. The first-order valence-corrected chi connectivity index (χ1v) is 8.08. The Bertz CT molecular complexity index is 627. The summed E-state index contributed by atoms with van der Waals surface area (Å²) in [7, 11) is 0. The lowest BCUT2D eigenvalue weighted by molar-refractivity contribution is -0.137. The molecule has 0 spiro atoms. The van der Waals surface area contributed by atoms with Crippen LogP contribution in [0.4, 0.5) is 13.2 Å². The van der Waals surface area contributed by atoms with Crippen LogP contribution in [0, 0.1) is 0 Å². The smallest absolute Gasteiger partial charge is 0.381 e. The summed E-state index contributed by atoms with van der Waals surface area (Å²) in [4.78, 5) is 12.4. The zero-order valence-corrected chi connectivity index (χ0v) is 14.5. The molecule has 2 fully saturated rings. The highest BCUT2D eigenvalue weighted by Crippen LogP contribution is 2.48. The van der Waals surface area contributed by atoms with Crippen molar-refractivity contribution in [1.82, 2.24) is 5.32 Å². The lowest BCUT2D eigenvalue weighted by Gasteiger charge is -2.32. The molecule has 0 aromatic heterocycles. The summed E-state index contributed by atoms with van der Waals surface area (Å²) in [6.45, 7) is 1.21. The molecule has 3 N–H and O–H groups in total. The monoisotopic (exact) mass is 378 g/mol. The Labute approximate surface area is 150 Å². The van der Waals surface area contributed by atoms with Crippen molar-refractivity contribution in [2.24, 2.45) is 5.73 Å². The van der Waals surface area contributed by atoms with E-state index in [-0.39, 0.29) is 18.3 Å². The number of nitrogens with one attached hydrogen (secondary N) is 1. The van der Waals surface area contributed by atoms with Gasteiger partial charge >= 0.3 is 6.18 Å². The van der Waals surface area contributed by atoms with E-state index in [2.05, 4.69) is 5.32 Å². The molecule has 0 bridgehead atoms. The van der Waals surface area contributed by atoms with Crippen molar-refractivity contribution < 1.29 is 22.7 Å². The quantitative estimate of drug-likeness (QED) is 0.846. The summed E-state index contributed by atoms with van der Waals surface area (Å²) in [5.74, 6) is -0.246. The van der Waals surface area contributed by atoms with Gasteiger partial charge in [-0.15, -0.1) is 12.4 Å². The maximum absolute atomic E-state index is 12.9. The van der Waals surface area contributed by atoms with Crippen LogP contribution in [0.5, 0.6) is 0 Å². The van der Waals surface area contributed by atoms with Crippen molar-refractivity contribution >= 4 is 18.3 Å². The van der Waals surface area contributed by atoms with Gasteiger partial charge in [-0.05, 0) is 37.3 Å². The molecule has 2 aliphatic rings. The molecule has 1 aliphatic heterocycles. The van der Waals surface area contributed by atoms with E-state index in [1.54, 1.807) is 6.07 Å². The third kappa shape index (κ3) is 4.27. The van der Waals surface area contributed by atoms with Crippen molar-refractivity contribution in [3.63, 3.8) is 0 Å². The highest BCUT2D eigenvalue weighted by atomic mass is 35.5. The Balaban J connectivity index is 0.00000225. The summed E-state index contributed by atoms with van der Waals surface area (Å²) < 4.78 is 43.9. The Morgan fingerprint density at radius 1 is 1.20 bits per heavy atom. The summed E-state index contributed by atoms with van der Waals surface area (Å²) >= 11 is 0. The molecule has 8 heteroatoms. The fourth-order valence-corrected chi connectivity index (χ4v) is 3.13. The van der Waals surface area contributed by atoms with E-state index in [1.165, 1.54) is 12.1 Å². The van der Waals surface area contributed by atoms with Crippen molar-refractivity contribution in [3.8, 4) is 0 Å². The van der Waals surface area contributed by atoms with Crippen LogP contribution in [0.25, 0.3) is 0 Å². The number of rotatable bonds is 4. The molecular formula is C17H22ClF3N2O2. The zero-order chi connectivity index (χ0) is 17.4. The number of amides is 1. The summed E-state index contributed by atoms with van der Waals surface area (Å²) in [5.41, 5.74) is 4.75. The molecule has 4 nitrogen and oxygen atoms in total. The second-order valence-corrected chi connectivity index (χ2v) is 6.81. The van der Waals surface area contributed by atoms with Crippen molar-refractivity contribution in [1.29, 1.82) is 0 Å². The lowest BCUT2D eigenvalue weighted by atomic mass is 9.89. The minimum atomic E-state index is -4.36. The fourth-order valence-electron chi connectivity index (χ4n) is 3.13. The SMILES string of the molecule is Cl.NC1(C(=O)NCC2(c3cccc(C(F)(F)F)c3)CC2)CCOCC1. The van der Waals surface area contributed by atoms with Gasteiger partial charge in [0.15, 0.2) is 0 Å². The molecule has 3 rings (SSSR count). The topological polar surface area (TPSA) is 64.4 Å². The van der Waals surface area contributed by atoms with Crippen LogP contribution in [0.15, 0.2) is 24.3 Å².